The molecule has 7 nitrogen and oxygen atoms in total. The van der Waals surface area contributed by atoms with E-state index in [1.165, 1.54) is 7.11 Å². The van der Waals surface area contributed by atoms with Crippen LogP contribution in [0.3, 0.4) is 0 Å². The summed E-state index contributed by atoms with van der Waals surface area (Å²) in [6.45, 7) is 0. The zero-order valence-corrected chi connectivity index (χ0v) is 22.1. The summed E-state index contributed by atoms with van der Waals surface area (Å²) >= 11 is 0. The molecule has 0 radical (unpaired) electrons. The number of hydrogen-bond acceptors (Lipinski definition) is 6. The molecule has 7 heteroatoms. The summed E-state index contributed by atoms with van der Waals surface area (Å²) in [6.07, 6.45) is 1.39. The fraction of sp³-hybridized carbons (Fsp3) is 0.312. The highest BCUT2D eigenvalue weighted by atomic mass is 16.5. The number of carbonyl (C=O) groups excluding carboxylic acids is 4. The lowest BCUT2D eigenvalue weighted by Gasteiger charge is -2.22. The highest BCUT2D eigenvalue weighted by molar-refractivity contribution is 5.93. The van der Waals surface area contributed by atoms with Crippen LogP contribution in [0.4, 0.5) is 0 Å². The Hall–Kier alpha value is -4.26. The second-order valence-electron chi connectivity index (χ2n) is 9.83. The monoisotopic (exact) mass is 527 g/mol. The van der Waals surface area contributed by atoms with Crippen molar-refractivity contribution < 1.29 is 28.7 Å². The zero-order valence-electron chi connectivity index (χ0n) is 22.1. The number of rotatable bonds is 6. The summed E-state index contributed by atoms with van der Waals surface area (Å²) in [5, 5.41) is 2.86. The molecule has 4 bridgehead atoms. The van der Waals surface area contributed by atoms with Crippen LogP contribution in [0.1, 0.15) is 42.4 Å². The van der Waals surface area contributed by atoms with Gasteiger partial charge in [0.15, 0.2) is 5.78 Å². The van der Waals surface area contributed by atoms with Gasteiger partial charge in [0.05, 0.1) is 25.5 Å². The van der Waals surface area contributed by atoms with E-state index >= 15 is 0 Å². The lowest BCUT2D eigenvalue weighted by Crippen LogP contribution is -2.46. The standard InChI is InChI=1S/C32H33NO6/c1-38-31(36)21-25-20-26(34)14-10-23-8-5-9-28(18-23)39-27-15-11-24(12-16-27)19-29(33-32(25)37)30(35)17-13-22-6-3-2-4-7-22/h2-9,11-12,15-16,18,25,29H,10,13-14,17,19-21H2,1H3,(H,33,37)/t25-,29-/m0/s1. The van der Waals surface area contributed by atoms with Gasteiger partial charge in [-0.3, -0.25) is 19.2 Å². The third kappa shape index (κ3) is 8.37. The van der Waals surface area contributed by atoms with Crippen LogP contribution in [0.5, 0.6) is 11.5 Å². The molecule has 202 valence electrons. The van der Waals surface area contributed by atoms with Crippen LogP contribution in [-0.2, 0) is 43.2 Å². The third-order valence-corrected chi connectivity index (χ3v) is 6.88. The molecule has 0 saturated heterocycles. The molecule has 2 atom stereocenters. The molecule has 3 aromatic rings. The Morgan fingerprint density at radius 2 is 1.64 bits per heavy atom. The molecule has 0 saturated carbocycles. The van der Waals surface area contributed by atoms with Crippen molar-refractivity contribution in [3.8, 4) is 11.5 Å². The molecule has 0 unspecified atom stereocenters. The van der Waals surface area contributed by atoms with Gasteiger partial charge in [-0.2, -0.15) is 0 Å². The molecule has 0 spiro atoms. The van der Waals surface area contributed by atoms with Crippen molar-refractivity contribution in [2.45, 2.75) is 51.0 Å². The molecule has 0 fully saturated rings. The molecule has 39 heavy (non-hydrogen) atoms. The Bertz CT molecular complexity index is 1300. The molecule has 1 N–H and O–H groups in total. The van der Waals surface area contributed by atoms with Gasteiger partial charge in [-0.1, -0.05) is 54.6 Å². The molecule has 3 aromatic carbocycles. The number of aryl methyl sites for hydroxylation is 2. The average molecular weight is 528 g/mol. The highest BCUT2D eigenvalue weighted by Crippen LogP contribution is 2.24. The minimum absolute atomic E-state index is 0.115. The summed E-state index contributed by atoms with van der Waals surface area (Å²) in [6, 6.07) is 23.8. The van der Waals surface area contributed by atoms with Crippen molar-refractivity contribution in [3.05, 3.63) is 95.6 Å². The Morgan fingerprint density at radius 3 is 2.38 bits per heavy atom. The van der Waals surface area contributed by atoms with Crippen molar-refractivity contribution in [2.75, 3.05) is 7.11 Å². The van der Waals surface area contributed by atoms with E-state index in [2.05, 4.69) is 5.32 Å². The summed E-state index contributed by atoms with van der Waals surface area (Å²) in [7, 11) is 1.25. The number of amides is 1. The fourth-order valence-corrected chi connectivity index (χ4v) is 4.65. The maximum Gasteiger partial charge on any atom is 0.306 e. The van der Waals surface area contributed by atoms with E-state index in [0.29, 0.717) is 24.3 Å². The number of esters is 1. The number of ketones is 2. The molecule has 2 aliphatic rings. The number of fused-ring (bicyclic) bond motifs is 10. The lowest BCUT2D eigenvalue weighted by atomic mass is 9.93. The van der Waals surface area contributed by atoms with E-state index in [-0.39, 0.29) is 43.7 Å². The zero-order chi connectivity index (χ0) is 27.6. The van der Waals surface area contributed by atoms with E-state index in [0.717, 1.165) is 16.7 Å². The van der Waals surface area contributed by atoms with Gasteiger partial charge >= 0.3 is 5.97 Å². The van der Waals surface area contributed by atoms with Crippen molar-refractivity contribution in [1.82, 2.24) is 5.32 Å². The number of ether oxygens (including phenoxy) is 2. The Labute approximate surface area is 228 Å². The van der Waals surface area contributed by atoms with Crippen LogP contribution in [0.2, 0.25) is 0 Å². The average Bonchev–Trinajstić information content (AvgIpc) is 2.95. The smallest absolute Gasteiger partial charge is 0.306 e. The SMILES string of the molecule is COC(=O)C[C@@H]1CC(=O)CCc2cccc(c2)Oc2ccc(cc2)C[C@@H](C(=O)CCc2ccccc2)NC1=O. The first-order chi connectivity index (χ1) is 18.9. The Balaban J connectivity index is 1.61. The van der Waals surface area contributed by atoms with Crippen molar-refractivity contribution >= 4 is 23.4 Å². The minimum Gasteiger partial charge on any atom is -0.469 e. The van der Waals surface area contributed by atoms with Gasteiger partial charge in [0.25, 0.3) is 0 Å². The predicted octanol–water partition coefficient (Wildman–Crippen LogP) is 4.79. The number of benzene rings is 3. The molecule has 5 rings (SSSR count). The maximum atomic E-state index is 13.4. The number of hydrogen-bond donors (Lipinski definition) is 1. The number of Topliss-reactive ketones (excluding diaryl/α,β-unsaturated/α-hetero) is 2. The Morgan fingerprint density at radius 1 is 0.872 bits per heavy atom. The first-order valence-electron chi connectivity index (χ1n) is 13.2. The van der Waals surface area contributed by atoms with Gasteiger partial charge in [-0.05, 0) is 60.2 Å². The molecule has 1 amide bonds. The van der Waals surface area contributed by atoms with E-state index in [4.69, 9.17) is 9.47 Å². The minimum atomic E-state index is -0.929. The topological polar surface area (TPSA) is 98.8 Å². The van der Waals surface area contributed by atoms with Gasteiger partial charge in [0.2, 0.25) is 5.91 Å². The molecule has 0 aliphatic carbocycles. The number of carbonyl (C=O) groups is 4. The van der Waals surface area contributed by atoms with Gasteiger partial charge in [0.1, 0.15) is 17.3 Å². The van der Waals surface area contributed by atoms with Crippen LogP contribution < -0.4 is 10.1 Å². The molecular formula is C32H33NO6. The summed E-state index contributed by atoms with van der Waals surface area (Å²) in [5.74, 6) is -0.975. The van der Waals surface area contributed by atoms with Gasteiger partial charge in [-0.25, -0.2) is 0 Å². The highest BCUT2D eigenvalue weighted by Gasteiger charge is 2.29. The van der Waals surface area contributed by atoms with Gasteiger partial charge < -0.3 is 14.8 Å². The predicted molar refractivity (Wildman–Crippen MR) is 146 cm³/mol. The third-order valence-electron chi connectivity index (χ3n) is 6.88. The van der Waals surface area contributed by atoms with Crippen LogP contribution >= 0.6 is 0 Å². The summed E-state index contributed by atoms with van der Waals surface area (Å²) in [4.78, 5) is 51.8. The van der Waals surface area contributed by atoms with E-state index < -0.39 is 23.8 Å². The molecular weight excluding hydrogens is 494 g/mol. The van der Waals surface area contributed by atoms with E-state index in [1.54, 1.807) is 0 Å². The fourth-order valence-electron chi connectivity index (χ4n) is 4.65. The number of nitrogens with one attached hydrogen (secondary N) is 1. The van der Waals surface area contributed by atoms with Crippen LogP contribution in [0, 0.1) is 5.92 Å². The molecule has 2 heterocycles. The van der Waals surface area contributed by atoms with E-state index in [9.17, 15) is 19.2 Å². The van der Waals surface area contributed by atoms with Gasteiger partial charge in [0, 0.05) is 19.3 Å². The van der Waals surface area contributed by atoms with E-state index in [1.807, 2.05) is 78.9 Å². The first kappa shape index (κ1) is 27.8. The van der Waals surface area contributed by atoms with Crippen LogP contribution in [-0.4, -0.2) is 36.6 Å². The quantitative estimate of drug-likeness (QED) is 0.463. The van der Waals surface area contributed by atoms with Crippen molar-refractivity contribution in [3.63, 3.8) is 0 Å². The number of methoxy groups -OCH3 is 1. The second kappa shape index (κ2) is 13.5. The molecule has 2 aliphatic heterocycles. The van der Waals surface area contributed by atoms with Crippen LogP contribution in [0.15, 0.2) is 78.9 Å². The lowest BCUT2D eigenvalue weighted by molar-refractivity contribution is -0.145. The van der Waals surface area contributed by atoms with Crippen LogP contribution in [0.25, 0.3) is 0 Å². The maximum absolute atomic E-state index is 13.4. The van der Waals surface area contributed by atoms with Gasteiger partial charge in [-0.15, -0.1) is 0 Å². The second-order valence-corrected chi connectivity index (χ2v) is 9.83. The largest absolute Gasteiger partial charge is 0.469 e. The molecule has 0 aromatic heterocycles. The Kier molecular flexibility index (Phi) is 9.62. The summed E-state index contributed by atoms with van der Waals surface area (Å²) in [5.41, 5.74) is 2.81. The normalized spacial score (nSPS) is 18.0. The summed E-state index contributed by atoms with van der Waals surface area (Å²) < 4.78 is 10.8. The van der Waals surface area contributed by atoms with Crippen molar-refractivity contribution in [2.24, 2.45) is 5.92 Å². The first-order valence-corrected chi connectivity index (χ1v) is 13.2. The van der Waals surface area contributed by atoms with Crippen molar-refractivity contribution in [1.29, 1.82) is 0 Å².